The van der Waals surface area contributed by atoms with Crippen molar-refractivity contribution in [3.05, 3.63) is 59.2 Å². The summed E-state index contributed by atoms with van der Waals surface area (Å²) in [5.41, 5.74) is 2.99. The van der Waals surface area contributed by atoms with Gasteiger partial charge in [0.05, 0.1) is 20.8 Å². The molecule has 1 aliphatic rings. The lowest BCUT2D eigenvalue weighted by molar-refractivity contribution is -0.920. The van der Waals surface area contributed by atoms with Crippen LogP contribution in [0.3, 0.4) is 0 Å². The van der Waals surface area contributed by atoms with Crippen molar-refractivity contribution in [1.29, 1.82) is 0 Å². The van der Waals surface area contributed by atoms with Gasteiger partial charge in [-0.05, 0) is 38.5 Å². The molecule has 1 unspecified atom stereocenters. The predicted octanol–water partition coefficient (Wildman–Crippen LogP) is 1.86. The Kier molecular flexibility index (Phi) is 6.85. The van der Waals surface area contributed by atoms with Gasteiger partial charge in [0.15, 0.2) is 18.0 Å². The van der Waals surface area contributed by atoms with Gasteiger partial charge in [-0.1, -0.05) is 30.3 Å². The van der Waals surface area contributed by atoms with Gasteiger partial charge in [0.25, 0.3) is 5.91 Å². The maximum absolute atomic E-state index is 12.7. The summed E-state index contributed by atoms with van der Waals surface area (Å²) >= 11 is 0. The molecule has 3 amide bonds. The van der Waals surface area contributed by atoms with Crippen LogP contribution in [-0.2, 0) is 11.2 Å². The molecule has 2 atom stereocenters. The van der Waals surface area contributed by atoms with Crippen LogP contribution >= 0.6 is 0 Å². The van der Waals surface area contributed by atoms with E-state index in [1.807, 2.05) is 51.1 Å². The van der Waals surface area contributed by atoms with E-state index in [0.29, 0.717) is 11.5 Å². The molecule has 3 N–H and O–H groups in total. The number of urea groups is 1. The smallest absolute Gasteiger partial charge is 0.322 e. The predicted molar refractivity (Wildman–Crippen MR) is 119 cm³/mol. The third kappa shape index (κ3) is 5.55. The van der Waals surface area contributed by atoms with Gasteiger partial charge in [-0.15, -0.1) is 0 Å². The summed E-state index contributed by atoms with van der Waals surface area (Å²) < 4.78 is 11.0. The van der Waals surface area contributed by atoms with Crippen LogP contribution in [0.5, 0.6) is 11.5 Å². The average Bonchev–Trinajstić information content (AvgIpc) is 2.71. The van der Waals surface area contributed by atoms with E-state index in [1.54, 1.807) is 14.2 Å². The van der Waals surface area contributed by atoms with E-state index in [0.717, 1.165) is 29.0 Å². The summed E-state index contributed by atoms with van der Waals surface area (Å²) in [7, 11) is 3.25. The monoisotopic (exact) mass is 426 g/mol. The summed E-state index contributed by atoms with van der Waals surface area (Å²) in [6.45, 7) is 6.56. The third-order valence-electron chi connectivity index (χ3n) is 5.34. The van der Waals surface area contributed by atoms with Gasteiger partial charge in [-0.3, -0.25) is 10.1 Å². The summed E-state index contributed by atoms with van der Waals surface area (Å²) in [6.07, 6.45) is 0.801. The standard InChI is InChI=1S/C24H31N3O4/c1-24(2,3)26-23(29)25-21(28)15-27-12-11-17-13-19(30-4)20(31-5)14-18(17)22(27)16-9-7-6-8-10-16/h6-10,13-14,22H,11-12,15H2,1-5H3,(H2,25,26,28,29)/p+1/t22-/m0/s1. The fourth-order valence-electron chi connectivity index (χ4n) is 4.08. The first-order valence-corrected chi connectivity index (χ1v) is 10.5. The number of fused-ring (bicyclic) bond motifs is 1. The van der Waals surface area contributed by atoms with Gasteiger partial charge in [0, 0.05) is 23.1 Å². The quantitative estimate of drug-likeness (QED) is 0.682. The molecule has 1 heterocycles. The molecule has 0 bridgehead atoms. The lowest BCUT2D eigenvalue weighted by Crippen LogP contribution is -3.14. The number of quaternary nitrogens is 1. The molecule has 166 valence electrons. The van der Waals surface area contributed by atoms with Crippen molar-refractivity contribution in [3.8, 4) is 11.5 Å². The van der Waals surface area contributed by atoms with E-state index in [1.165, 1.54) is 5.56 Å². The van der Waals surface area contributed by atoms with Crippen molar-refractivity contribution < 1.29 is 24.0 Å². The number of carbonyl (C=O) groups excluding carboxylic acids is 2. The van der Waals surface area contributed by atoms with Gasteiger partial charge < -0.3 is 19.7 Å². The number of nitrogens with one attached hydrogen (secondary N) is 3. The molecule has 0 saturated carbocycles. The van der Waals surface area contributed by atoms with Gasteiger partial charge in [-0.2, -0.15) is 0 Å². The topological polar surface area (TPSA) is 81.1 Å². The molecule has 0 saturated heterocycles. The first kappa shape index (κ1) is 22.6. The maximum Gasteiger partial charge on any atom is 0.322 e. The summed E-state index contributed by atoms with van der Waals surface area (Å²) in [5, 5.41) is 5.23. The zero-order valence-electron chi connectivity index (χ0n) is 18.9. The van der Waals surface area contributed by atoms with Crippen molar-refractivity contribution in [1.82, 2.24) is 10.6 Å². The highest BCUT2D eigenvalue weighted by atomic mass is 16.5. The number of ether oxygens (including phenoxy) is 2. The lowest BCUT2D eigenvalue weighted by atomic mass is 9.87. The molecule has 0 aromatic heterocycles. The first-order chi connectivity index (χ1) is 14.7. The Hall–Kier alpha value is -3.06. The normalized spacial score (nSPS) is 18.0. The molecule has 2 aromatic rings. The number of benzene rings is 2. The molecule has 0 radical (unpaired) electrons. The van der Waals surface area contributed by atoms with Crippen molar-refractivity contribution in [2.75, 3.05) is 27.3 Å². The molecule has 3 rings (SSSR count). The first-order valence-electron chi connectivity index (χ1n) is 10.5. The number of hydrogen-bond acceptors (Lipinski definition) is 4. The van der Waals surface area contributed by atoms with E-state index >= 15 is 0 Å². The van der Waals surface area contributed by atoms with Gasteiger partial charge in [0.1, 0.15) is 6.04 Å². The Morgan fingerprint density at radius 1 is 1.06 bits per heavy atom. The van der Waals surface area contributed by atoms with Crippen LogP contribution in [0.25, 0.3) is 0 Å². The summed E-state index contributed by atoms with van der Waals surface area (Å²) in [5.74, 6) is 1.06. The molecule has 7 nitrogen and oxygen atoms in total. The van der Waals surface area contributed by atoms with Crippen LogP contribution in [0, 0.1) is 0 Å². The fraction of sp³-hybridized carbons (Fsp3) is 0.417. The van der Waals surface area contributed by atoms with Crippen molar-refractivity contribution in [3.63, 3.8) is 0 Å². The number of rotatable bonds is 5. The number of imide groups is 1. The minimum atomic E-state index is -0.475. The van der Waals surface area contributed by atoms with Crippen molar-refractivity contribution in [2.24, 2.45) is 0 Å². The second-order valence-electron chi connectivity index (χ2n) is 8.84. The number of carbonyl (C=O) groups is 2. The Morgan fingerprint density at radius 2 is 1.71 bits per heavy atom. The molecule has 0 spiro atoms. The Morgan fingerprint density at radius 3 is 2.32 bits per heavy atom. The molecule has 1 aliphatic heterocycles. The van der Waals surface area contributed by atoms with E-state index in [-0.39, 0.29) is 18.5 Å². The van der Waals surface area contributed by atoms with E-state index in [4.69, 9.17) is 9.47 Å². The fourth-order valence-corrected chi connectivity index (χ4v) is 4.08. The molecular formula is C24H32N3O4+. The van der Waals surface area contributed by atoms with Crippen LogP contribution < -0.4 is 25.0 Å². The van der Waals surface area contributed by atoms with Crippen LogP contribution in [0.15, 0.2) is 42.5 Å². The largest absolute Gasteiger partial charge is 0.493 e. The zero-order chi connectivity index (χ0) is 22.6. The SMILES string of the molecule is COc1cc2c(cc1OC)[C@H](c1ccccc1)[NH+](CC(=O)NC(=O)NC(C)(C)C)CC2. The zero-order valence-corrected chi connectivity index (χ0v) is 18.9. The minimum Gasteiger partial charge on any atom is -0.493 e. The Balaban J connectivity index is 1.89. The van der Waals surface area contributed by atoms with Crippen LogP contribution in [0.1, 0.15) is 43.5 Å². The highest BCUT2D eigenvalue weighted by Gasteiger charge is 2.35. The second kappa shape index (κ2) is 9.39. The number of amides is 3. The highest BCUT2D eigenvalue weighted by molar-refractivity contribution is 5.95. The van der Waals surface area contributed by atoms with Crippen LogP contribution in [0.2, 0.25) is 0 Å². The molecule has 31 heavy (non-hydrogen) atoms. The Bertz CT molecular complexity index is 938. The molecular weight excluding hydrogens is 394 g/mol. The maximum atomic E-state index is 12.7. The summed E-state index contributed by atoms with van der Waals surface area (Å²) in [6, 6.07) is 13.6. The third-order valence-corrected chi connectivity index (χ3v) is 5.34. The van der Waals surface area contributed by atoms with E-state index < -0.39 is 11.6 Å². The lowest BCUT2D eigenvalue weighted by Gasteiger charge is -2.34. The van der Waals surface area contributed by atoms with Gasteiger partial charge in [0.2, 0.25) is 0 Å². The van der Waals surface area contributed by atoms with Crippen LogP contribution in [-0.4, -0.2) is 44.8 Å². The van der Waals surface area contributed by atoms with Crippen molar-refractivity contribution in [2.45, 2.75) is 38.8 Å². The summed E-state index contributed by atoms with van der Waals surface area (Å²) in [4.78, 5) is 25.9. The van der Waals surface area contributed by atoms with Crippen LogP contribution in [0.4, 0.5) is 4.79 Å². The average molecular weight is 427 g/mol. The molecule has 0 fully saturated rings. The van der Waals surface area contributed by atoms with E-state index in [2.05, 4.69) is 22.8 Å². The van der Waals surface area contributed by atoms with Gasteiger partial charge in [-0.25, -0.2) is 4.79 Å². The highest BCUT2D eigenvalue weighted by Crippen LogP contribution is 2.35. The number of methoxy groups -OCH3 is 2. The minimum absolute atomic E-state index is 0.0545. The molecule has 2 aromatic carbocycles. The van der Waals surface area contributed by atoms with Gasteiger partial charge >= 0.3 is 6.03 Å². The molecule has 0 aliphatic carbocycles. The van der Waals surface area contributed by atoms with Crippen molar-refractivity contribution >= 4 is 11.9 Å². The van der Waals surface area contributed by atoms with E-state index in [9.17, 15) is 9.59 Å². The number of hydrogen-bond donors (Lipinski definition) is 3. The second-order valence-corrected chi connectivity index (χ2v) is 8.84. The molecule has 7 heteroatoms. The Labute approximate surface area is 183 Å².